The first kappa shape index (κ1) is 14.8. The molecule has 0 N–H and O–H groups in total. The fourth-order valence-corrected chi connectivity index (χ4v) is 2.70. The maximum atomic E-state index is 12.6. The van der Waals surface area contributed by atoms with Gasteiger partial charge in [0, 0.05) is 12.6 Å². The van der Waals surface area contributed by atoms with E-state index in [4.69, 9.17) is 39.2 Å². The minimum Gasteiger partial charge on any atom is -0.452 e. The third-order valence-electron chi connectivity index (χ3n) is 3.43. The van der Waals surface area contributed by atoms with Gasteiger partial charge in [0.25, 0.3) is 5.91 Å². The molecule has 1 fully saturated rings. The van der Waals surface area contributed by atoms with Crippen molar-refractivity contribution in [3.8, 4) is 0 Å². The zero-order valence-electron chi connectivity index (χ0n) is 11.0. The van der Waals surface area contributed by atoms with Crippen LogP contribution >= 0.6 is 34.8 Å². The van der Waals surface area contributed by atoms with Crippen LogP contribution in [0.1, 0.15) is 28.8 Å². The SMILES string of the molecule is O=C(c1ccoc1Cl)N(Cc1ccc(Cl)c(Cl)c1)C1CC1. The van der Waals surface area contributed by atoms with E-state index in [0.29, 0.717) is 22.2 Å². The van der Waals surface area contributed by atoms with Crippen molar-refractivity contribution in [2.24, 2.45) is 0 Å². The number of halogens is 3. The lowest BCUT2D eigenvalue weighted by molar-refractivity contribution is 0.0729. The molecule has 0 spiro atoms. The first-order chi connectivity index (χ1) is 10.1. The van der Waals surface area contributed by atoms with Crippen LogP contribution in [0.3, 0.4) is 0 Å². The summed E-state index contributed by atoms with van der Waals surface area (Å²) in [4.78, 5) is 14.4. The molecule has 110 valence electrons. The predicted molar refractivity (Wildman–Crippen MR) is 83.1 cm³/mol. The Bertz CT molecular complexity index is 679. The fraction of sp³-hybridized carbons (Fsp3) is 0.267. The van der Waals surface area contributed by atoms with Gasteiger partial charge in [0.1, 0.15) is 0 Å². The number of benzene rings is 1. The van der Waals surface area contributed by atoms with Gasteiger partial charge in [-0.3, -0.25) is 4.79 Å². The van der Waals surface area contributed by atoms with Gasteiger partial charge in [0.05, 0.1) is 21.9 Å². The molecule has 1 saturated carbocycles. The fourth-order valence-electron chi connectivity index (χ4n) is 2.19. The normalized spacial score (nSPS) is 14.2. The highest BCUT2D eigenvalue weighted by Crippen LogP contribution is 2.32. The van der Waals surface area contributed by atoms with Crippen LogP contribution in [0.4, 0.5) is 0 Å². The molecule has 0 atom stereocenters. The maximum absolute atomic E-state index is 12.6. The largest absolute Gasteiger partial charge is 0.452 e. The van der Waals surface area contributed by atoms with E-state index >= 15 is 0 Å². The molecule has 0 unspecified atom stereocenters. The van der Waals surface area contributed by atoms with Gasteiger partial charge in [0.2, 0.25) is 5.22 Å². The van der Waals surface area contributed by atoms with Crippen molar-refractivity contribution in [2.75, 3.05) is 0 Å². The monoisotopic (exact) mass is 343 g/mol. The topological polar surface area (TPSA) is 33.5 Å². The van der Waals surface area contributed by atoms with Gasteiger partial charge < -0.3 is 9.32 Å². The quantitative estimate of drug-likeness (QED) is 0.778. The third kappa shape index (κ3) is 3.20. The molecule has 1 aliphatic carbocycles. The summed E-state index contributed by atoms with van der Waals surface area (Å²) in [5.74, 6) is -0.123. The lowest BCUT2D eigenvalue weighted by atomic mass is 10.2. The first-order valence-corrected chi connectivity index (χ1v) is 7.67. The van der Waals surface area contributed by atoms with Gasteiger partial charge in [0.15, 0.2) is 0 Å². The number of hydrogen-bond donors (Lipinski definition) is 0. The number of amides is 1. The van der Waals surface area contributed by atoms with Gasteiger partial charge in [-0.1, -0.05) is 29.3 Å². The lowest BCUT2D eigenvalue weighted by Gasteiger charge is -2.22. The Labute approximate surface area is 137 Å². The van der Waals surface area contributed by atoms with E-state index in [9.17, 15) is 4.79 Å². The molecule has 1 aromatic carbocycles. The van der Waals surface area contributed by atoms with Gasteiger partial charge in [-0.2, -0.15) is 0 Å². The second kappa shape index (κ2) is 5.91. The maximum Gasteiger partial charge on any atom is 0.259 e. The van der Waals surface area contributed by atoms with E-state index in [0.717, 1.165) is 18.4 Å². The Morgan fingerprint density at radius 1 is 1.19 bits per heavy atom. The molecular formula is C15H12Cl3NO2. The molecule has 1 amide bonds. The Hall–Kier alpha value is -1.16. The van der Waals surface area contributed by atoms with E-state index in [1.165, 1.54) is 6.26 Å². The standard InChI is InChI=1S/C15H12Cl3NO2/c16-12-4-1-9(7-13(12)17)8-19(10-2-3-10)15(20)11-5-6-21-14(11)18/h1,4-7,10H,2-3,8H2. The Balaban J connectivity index is 1.83. The molecule has 0 saturated heterocycles. The second-order valence-corrected chi connectivity index (χ2v) is 6.18. The van der Waals surface area contributed by atoms with Crippen molar-refractivity contribution in [1.82, 2.24) is 4.90 Å². The molecule has 3 rings (SSSR count). The summed E-state index contributed by atoms with van der Waals surface area (Å²) in [7, 11) is 0. The van der Waals surface area contributed by atoms with Crippen molar-refractivity contribution in [3.05, 3.63) is 56.9 Å². The highest BCUT2D eigenvalue weighted by molar-refractivity contribution is 6.42. The number of furan rings is 1. The molecule has 1 heterocycles. The van der Waals surface area contributed by atoms with Crippen LogP contribution in [-0.4, -0.2) is 16.8 Å². The second-order valence-electron chi connectivity index (χ2n) is 5.02. The van der Waals surface area contributed by atoms with Crippen molar-refractivity contribution < 1.29 is 9.21 Å². The average molecular weight is 345 g/mol. The Morgan fingerprint density at radius 3 is 2.52 bits per heavy atom. The average Bonchev–Trinajstić information content (AvgIpc) is 3.21. The zero-order valence-corrected chi connectivity index (χ0v) is 13.3. The van der Waals surface area contributed by atoms with Crippen molar-refractivity contribution in [1.29, 1.82) is 0 Å². The minimum atomic E-state index is -0.123. The zero-order chi connectivity index (χ0) is 15.0. The van der Waals surface area contributed by atoms with Crippen LogP contribution < -0.4 is 0 Å². The molecule has 21 heavy (non-hydrogen) atoms. The highest BCUT2D eigenvalue weighted by Gasteiger charge is 2.34. The van der Waals surface area contributed by atoms with Crippen LogP contribution in [0.15, 0.2) is 34.9 Å². The van der Waals surface area contributed by atoms with Gasteiger partial charge >= 0.3 is 0 Å². The predicted octanol–water partition coefficient (Wildman–Crippen LogP) is 5.04. The Kier molecular flexibility index (Phi) is 4.16. The van der Waals surface area contributed by atoms with Crippen LogP contribution in [0.25, 0.3) is 0 Å². The van der Waals surface area contributed by atoms with Crippen LogP contribution in [0.2, 0.25) is 15.3 Å². The highest BCUT2D eigenvalue weighted by atomic mass is 35.5. The third-order valence-corrected chi connectivity index (χ3v) is 4.47. The smallest absolute Gasteiger partial charge is 0.259 e. The molecule has 0 radical (unpaired) electrons. The van der Waals surface area contributed by atoms with Crippen LogP contribution in [0, 0.1) is 0 Å². The van der Waals surface area contributed by atoms with Crippen LogP contribution in [-0.2, 0) is 6.54 Å². The van der Waals surface area contributed by atoms with E-state index in [1.54, 1.807) is 23.1 Å². The summed E-state index contributed by atoms with van der Waals surface area (Å²) < 4.78 is 5.00. The van der Waals surface area contributed by atoms with Crippen molar-refractivity contribution >= 4 is 40.7 Å². The lowest BCUT2D eigenvalue weighted by Crippen LogP contribution is -2.32. The molecule has 6 heteroatoms. The van der Waals surface area contributed by atoms with E-state index < -0.39 is 0 Å². The van der Waals surface area contributed by atoms with Gasteiger partial charge in [-0.15, -0.1) is 0 Å². The molecular weight excluding hydrogens is 333 g/mol. The van der Waals surface area contributed by atoms with Gasteiger partial charge in [-0.05, 0) is 48.2 Å². The summed E-state index contributed by atoms with van der Waals surface area (Å²) in [6, 6.07) is 7.23. The van der Waals surface area contributed by atoms with E-state index in [1.807, 2.05) is 6.07 Å². The molecule has 0 bridgehead atoms. The summed E-state index contributed by atoms with van der Waals surface area (Å²) in [5.41, 5.74) is 1.33. The number of nitrogens with zero attached hydrogens (tertiary/aromatic N) is 1. The molecule has 1 aromatic heterocycles. The number of hydrogen-bond acceptors (Lipinski definition) is 2. The summed E-state index contributed by atoms with van der Waals surface area (Å²) in [5, 5.41) is 1.11. The number of rotatable bonds is 4. The number of carbonyl (C=O) groups is 1. The van der Waals surface area contributed by atoms with Crippen molar-refractivity contribution in [3.63, 3.8) is 0 Å². The molecule has 3 nitrogen and oxygen atoms in total. The summed E-state index contributed by atoms with van der Waals surface area (Å²) in [6.45, 7) is 0.474. The summed E-state index contributed by atoms with van der Waals surface area (Å²) in [6.07, 6.45) is 3.42. The molecule has 1 aliphatic rings. The van der Waals surface area contributed by atoms with E-state index in [2.05, 4.69) is 0 Å². The minimum absolute atomic E-state index is 0.123. The van der Waals surface area contributed by atoms with E-state index in [-0.39, 0.29) is 17.2 Å². The summed E-state index contributed by atoms with van der Waals surface area (Å²) >= 11 is 17.8. The van der Waals surface area contributed by atoms with Crippen LogP contribution in [0.5, 0.6) is 0 Å². The van der Waals surface area contributed by atoms with Gasteiger partial charge in [-0.25, -0.2) is 0 Å². The Morgan fingerprint density at radius 2 is 1.95 bits per heavy atom. The van der Waals surface area contributed by atoms with Crippen molar-refractivity contribution in [2.45, 2.75) is 25.4 Å². The molecule has 0 aliphatic heterocycles. The first-order valence-electron chi connectivity index (χ1n) is 6.54. The molecule has 2 aromatic rings. The number of carbonyl (C=O) groups excluding carboxylic acids is 1.